The van der Waals surface area contributed by atoms with Gasteiger partial charge in [0.25, 0.3) is 5.91 Å². The summed E-state index contributed by atoms with van der Waals surface area (Å²) in [4.78, 5) is 23.6. The van der Waals surface area contributed by atoms with Crippen molar-refractivity contribution in [1.29, 1.82) is 0 Å². The number of carbonyl (C=O) groups is 1. The van der Waals surface area contributed by atoms with Gasteiger partial charge < -0.3 is 4.90 Å². The molecule has 1 fully saturated rings. The van der Waals surface area contributed by atoms with Crippen LogP contribution in [0.1, 0.15) is 35.8 Å². The van der Waals surface area contributed by atoms with Crippen LogP contribution in [0.15, 0.2) is 36.8 Å². The highest BCUT2D eigenvalue weighted by atomic mass is 35.5. The fourth-order valence-corrected chi connectivity index (χ4v) is 3.67. The summed E-state index contributed by atoms with van der Waals surface area (Å²) < 4.78 is 1.94. The number of hydrogen-bond acceptors (Lipinski definition) is 3. The summed E-state index contributed by atoms with van der Waals surface area (Å²) in [6, 6.07) is 5.85. The Balaban J connectivity index is 1.70. The van der Waals surface area contributed by atoms with E-state index in [1.807, 2.05) is 40.8 Å². The first-order chi connectivity index (χ1) is 12.5. The molecule has 0 saturated carbocycles. The number of rotatable bonds is 2. The lowest BCUT2D eigenvalue weighted by Crippen LogP contribution is -2.38. The van der Waals surface area contributed by atoms with Crippen LogP contribution in [0.3, 0.4) is 0 Å². The van der Waals surface area contributed by atoms with Crippen LogP contribution in [-0.2, 0) is 0 Å². The Labute approximate surface area is 157 Å². The van der Waals surface area contributed by atoms with Crippen molar-refractivity contribution in [2.75, 3.05) is 13.1 Å². The van der Waals surface area contributed by atoms with E-state index in [-0.39, 0.29) is 5.91 Å². The molecule has 1 saturated heterocycles. The van der Waals surface area contributed by atoms with Crippen molar-refractivity contribution in [1.82, 2.24) is 19.4 Å². The van der Waals surface area contributed by atoms with Crippen molar-refractivity contribution in [3.63, 3.8) is 0 Å². The number of likely N-dealkylation sites (tertiary alicyclic amines) is 1. The van der Waals surface area contributed by atoms with Crippen LogP contribution in [0, 0.1) is 12.8 Å². The Kier molecular flexibility index (Phi) is 4.41. The highest BCUT2D eigenvalue weighted by molar-refractivity contribution is 6.38. The number of pyridine rings is 2. The summed E-state index contributed by atoms with van der Waals surface area (Å²) in [7, 11) is 0. The van der Waals surface area contributed by atoms with Crippen LogP contribution >= 0.6 is 11.6 Å². The van der Waals surface area contributed by atoms with Crippen LogP contribution in [0.25, 0.3) is 16.7 Å². The molecular weight excluding hydrogens is 348 g/mol. The molecule has 134 valence electrons. The summed E-state index contributed by atoms with van der Waals surface area (Å²) in [5.74, 6) is 0.647. The van der Waals surface area contributed by atoms with Gasteiger partial charge in [-0.1, -0.05) is 18.5 Å². The van der Waals surface area contributed by atoms with Gasteiger partial charge in [-0.2, -0.15) is 0 Å². The molecule has 0 bridgehead atoms. The van der Waals surface area contributed by atoms with Gasteiger partial charge in [-0.3, -0.25) is 14.3 Å². The molecule has 1 aliphatic rings. The third kappa shape index (κ3) is 2.97. The molecule has 6 heteroatoms. The van der Waals surface area contributed by atoms with E-state index in [9.17, 15) is 4.79 Å². The molecule has 0 unspecified atom stereocenters. The summed E-state index contributed by atoms with van der Waals surface area (Å²) in [5.41, 5.74) is 3.08. The first kappa shape index (κ1) is 17.0. The molecule has 0 N–H and O–H groups in total. The van der Waals surface area contributed by atoms with E-state index in [0.717, 1.165) is 48.3 Å². The fourth-order valence-electron chi connectivity index (χ4n) is 3.40. The van der Waals surface area contributed by atoms with Gasteiger partial charge in [-0.15, -0.1) is 0 Å². The van der Waals surface area contributed by atoms with Gasteiger partial charge in [0.1, 0.15) is 5.65 Å². The maximum absolute atomic E-state index is 12.9. The van der Waals surface area contributed by atoms with Crippen molar-refractivity contribution in [2.24, 2.45) is 5.92 Å². The monoisotopic (exact) mass is 368 g/mol. The SMILES string of the molecule is Cc1ccc(-n2ccc3c(Cl)c(C(=O)N4CCC(C)CC4)cnc32)cn1. The standard InChI is InChI=1S/C20H21ClN4O/c1-13-5-8-24(9-6-13)20(26)17-12-23-19-16(18(17)21)7-10-25(19)15-4-3-14(2)22-11-15/h3-4,7,10-13H,5-6,8-9H2,1-2H3. The highest BCUT2D eigenvalue weighted by Crippen LogP contribution is 2.30. The molecule has 0 atom stereocenters. The van der Waals surface area contributed by atoms with E-state index in [0.29, 0.717) is 16.5 Å². The number of nitrogens with zero attached hydrogens (tertiary/aromatic N) is 4. The number of halogens is 1. The number of piperidine rings is 1. The number of aromatic nitrogens is 3. The molecule has 0 aliphatic carbocycles. The molecule has 0 spiro atoms. The zero-order chi connectivity index (χ0) is 18.3. The van der Waals surface area contributed by atoms with Gasteiger partial charge in [0.15, 0.2) is 0 Å². The molecule has 0 aromatic carbocycles. The summed E-state index contributed by atoms with van der Waals surface area (Å²) >= 11 is 6.59. The van der Waals surface area contributed by atoms with Gasteiger partial charge >= 0.3 is 0 Å². The van der Waals surface area contributed by atoms with Crippen LogP contribution < -0.4 is 0 Å². The fraction of sp³-hybridized carbons (Fsp3) is 0.350. The van der Waals surface area contributed by atoms with E-state index in [2.05, 4.69) is 16.9 Å². The zero-order valence-electron chi connectivity index (χ0n) is 14.9. The van der Waals surface area contributed by atoms with Gasteiger partial charge in [0.2, 0.25) is 0 Å². The average molecular weight is 369 g/mol. The Bertz CT molecular complexity index is 956. The Morgan fingerprint density at radius 2 is 1.92 bits per heavy atom. The predicted octanol–water partition coefficient (Wildman–Crippen LogP) is 4.25. The van der Waals surface area contributed by atoms with Gasteiger partial charge in [0, 0.05) is 36.6 Å². The van der Waals surface area contributed by atoms with E-state index in [1.165, 1.54) is 0 Å². The molecule has 5 nitrogen and oxygen atoms in total. The first-order valence-corrected chi connectivity index (χ1v) is 9.30. The molecule has 1 aliphatic heterocycles. The number of fused-ring (bicyclic) bond motifs is 1. The summed E-state index contributed by atoms with van der Waals surface area (Å²) in [6.45, 7) is 5.74. The van der Waals surface area contributed by atoms with E-state index < -0.39 is 0 Å². The van der Waals surface area contributed by atoms with Gasteiger partial charge in [0.05, 0.1) is 22.5 Å². The van der Waals surface area contributed by atoms with Crippen molar-refractivity contribution in [2.45, 2.75) is 26.7 Å². The largest absolute Gasteiger partial charge is 0.339 e. The first-order valence-electron chi connectivity index (χ1n) is 8.92. The molecule has 4 heterocycles. The summed E-state index contributed by atoms with van der Waals surface area (Å²) in [5, 5.41) is 1.25. The minimum atomic E-state index is -0.0268. The number of carbonyl (C=O) groups excluding carboxylic acids is 1. The lowest BCUT2D eigenvalue weighted by molar-refractivity contribution is 0.0697. The second-order valence-corrected chi connectivity index (χ2v) is 7.42. The topological polar surface area (TPSA) is 51.0 Å². The predicted molar refractivity (Wildman–Crippen MR) is 103 cm³/mol. The third-order valence-electron chi connectivity index (χ3n) is 5.12. The van der Waals surface area contributed by atoms with E-state index >= 15 is 0 Å². The number of aryl methyl sites for hydroxylation is 1. The minimum absolute atomic E-state index is 0.0268. The molecular formula is C20H21ClN4O. The van der Waals surface area contributed by atoms with Crippen LogP contribution in [0.5, 0.6) is 0 Å². The maximum Gasteiger partial charge on any atom is 0.256 e. The Morgan fingerprint density at radius 3 is 2.62 bits per heavy atom. The molecule has 0 radical (unpaired) electrons. The van der Waals surface area contributed by atoms with Crippen molar-refractivity contribution in [3.8, 4) is 5.69 Å². The number of amides is 1. The second kappa shape index (κ2) is 6.72. The van der Waals surface area contributed by atoms with Gasteiger partial charge in [-0.25, -0.2) is 4.98 Å². The lowest BCUT2D eigenvalue weighted by Gasteiger charge is -2.30. The quantitative estimate of drug-likeness (QED) is 0.679. The van der Waals surface area contributed by atoms with Crippen LogP contribution in [0.2, 0.25) is 5.02 Å². The smallest absolute Gasteiger partial charge is 0.256 e. The zero-order valence-corrected chi connectivity index (χ0v) is 15.7. The van der Waals surface area contributed by atoms with Crippen LogP contribution in [-0.4, -0.2) is 38.4 Å². The van der Waals surface area contributed by atoms with Crippen molar-refractivity contribution in [3.05, 3.63) is 53.1 Å². The lowest BCUT2D eigenvalue weighted by atomic mass is 9.99. The molecule has 3 aromatic rings. The average Bonchev–Trinajstić information content (AvgIpc) is 3.08. The molecule has 3 aromatic heterocycles. The van der Waals surface area contributed by atoms with Crippen molar-refractivity contribution < 1.29 is 4.79 Å². The normalized spacial score (nSPS) is 15.6. The number of hydrogen-bond donors (Lipinski definition) is 0. The highest BCUT2D eigenvalue weighted by Gasteiger charge is 2.24. The molecule has 4 rings (SSSR count). The summed E-state index contributed by atoms with van der Waals surface area (Å²) in [6.07, 6.45) is 7.39. The Hall–Kier alpha value is -2.40. The van der Waals surface area contributed by atoms with Crippen LogP contribution in [0.4, 0.5) is 0 Å². The maximum atomic E-state index is 12.9. The molecule has 26 heavy (non-hydrogen) atoms. The van der Waals surface area contributed by atoms with Gasteiger partial charge in [-0.05, 0) is 43.9 Å². The van der Waals surface area contributed by atoms with E-state index in [1.54, 1.807) is 12.4 Å². The third-order valence-corrected chi connectivity index (χ3v) is 5.53. The second-order valence-electron chi connectivity index (χ2n) is 7.04. The minimum Gasteiger partial charge on any atom is -0.339 e. The Morgan fingerprint density at radius 1 is 1.15 bits per heavy atom. The van der Waals surface area contributed by atoms with Crippen molar-refractivity contribution >= 4 is 28.5 Å². The molecule has 1 amide bonds. The van der Waals surface area contributed by atoms with E-state index in [4.69, 9.17) is 11.6 Å².